The van der Waals surface area contributed by atoms with E-state index in [2.05, 4.69) is 26.4 Å². The zero-order chi connectivity index (χ0) is 14.9. The lowest BCUT2D eigenvalue weighted by molar-refractivity contribution is -0.137. The highest BCUT2D eigenvalue weighted by Crippen LogP contribution is 2.36. The van der Waals surface area contributed by atoms with E-state index in [9.17, 15) is 13.2 Å². The molecule has 2 aromatic rings. The fraction of sp³-hybridized carbons (Fsp3) is 0.308. The third-order valence-electron chi connectivity index (χ3n) is 2.92. The molecule has 0 saturated heterocycles. The normalized spacial score (nSPS) is 11.7. The molecule has 0 aliphatic heterocycles. The van der Waals surface area contributed by atoms with Crippen LogP contribution in [0.1, 0.15) is 22.6 Å². The standard InChI is InChI=1S/C13H12BrF3N2O/c1-7-10(8(2)20-19-7)6-18-12-5-9(14)3-4-11(12)13(15,16)17/h3-5,18H,6H2,1-2H3. The second-order valence-corrected chi connectivity index (χ2v) is 5.26. The second-order valence-electron chi connectivity index (χ2n) is 4.34. The van der Waals surface area contributed by atoms with Crippen LogP contribution in [0.2, 0.25) is 0 Å². The lowest BCUT2D eigenvalue weighted by atomic mass is 10.1. The molecule has 7 heteroatoms. The van der Waals surface area contributed by atoms with Crippen molar-refractivity contribution in [1.29, 1.82) is 0 Å². The summed E-state index contributed by atoms with van der Waals surface area (Å²) in [6, 6.07) is 3.81. The van der Waals surface area contributed by atoms with Gasteiger partial charge in [-0.1, -0.05) is 21.1 Å². The van der Waals surface area contributed by atoms with Gasteiger partial charge in [-0.25, -0.2) is 0 Å². The highest BCUT2D eigenvalue weighted by atomic mass is 79.9. The molecule has 1 heterocycles. The van der Waals surface area contributed by atoms with Gasteiger partial charge in [0.15, 0.2) is 0 Å². The Labute approximate surface area is 122 Å². The molecule has 1 aromatic heterocycles. The van der Waals surface area contributed by atoms with E-state index >= 15 is 0 Å². The molecular formula is C13H12BrF3N2O. The van der Waals surface area contributed by atoms with Crippen molar-refractivity contribution < 1.29 is 17.7 Å². The van der Waals surface area contributed by atoms with E-state index in [4.69, 9.17) is 4.52 Å². The topological polar surface area (TPSA) is 38.1 Å². The Bertz CT molecular complexity index is 603. The van der Waals surface area contributed by atoms with Gasteiger partial charge in [0.05, 0.1) is 11.3 Å². The number of aromatic nitrogens is 1. The maximum Gasteiger partial charge on any atom is 0.418 e. The van der Waals surface area contributed by atoms with Crippen molar-refractivity contribution in [2.45, 2.75) is 26.6 Å². The summed E-state index contributed by atoms with van der Waals surface area (Å²) < 4.78 is 44.3. The summed E-state index contributed by atoms with van der Waals surface area (Å²) in [5.41, 5.74) is 0.746. The number of rotatable bonds is 3. The van der Waals surface area contributed by atoms with Gasteiger partial charge in [0.25, 0.3) is 0 Å². The van der Waals surface area contributed by atoms with Crippen LogP contribution in [-0.2, 0) is 12.7 Å². The van der Waals surface area contributed by atoms with E-state index in [0.717, 1.165) is 11.6 Å². The van der Waals surface area contributed by atoms with E-state index < -0.39 is 11.7 Å². The first-order chi connectivity index (χ1) is 9.29. The Morgan fingerprint density at radius 1 is 1.30 bits per heavy atom. The summed E-state index contributed by atoms with van der Waals surface area (Å²) in [6.07, 6.45) is -4.40. The van der Waals surface area contributed by atoms with E-state index in [1.807, 2.05) is 0 Å². The number of anilines is 1. The van der Waals surface area contributed by atoms with Crippen molar-refractivity contribution in [2.24, 2.45) is 0 Å². The summed E-state index contributed by atoms with van der Waals surface area (Å²) in [6.45, 7) is 3.70. The van der Waals surface area contributed by atoms with E-state index in [0.29, 0.717) is 15.9 Å². The summed E-state index contributed by atoms with van der Waals surface area (Å²) in [5.74, 6) is 0.596. The van der Waals surface area contributed by atoms with Crippen molar-refractivity contribution in [1.82, 2.24) is 5.16 Å². The average Bonchev–Trinajstić information content (AvgIpc) is 2.65. The van der Waals surface area contributed by atoms with Gasteiger partial charge in [-0.15, -0.1) is 0 Å². The summed E-state index contributed by atoms with van der Waals surface area (Å²) >= 11 is 3.17. The molecule has 1 N–H and O–H groups in total. The van der Waals surface area contributed by atoms with Gasteiger partial charge in [-0.3, -0.25) is 0 Å². The van der Waals surface area contributed by atoms with Crippen LogP contribution in [0.5, 0.6) is 0 Å². The maximum atomic E-state index is 12.9. The van der Waals surface area contributed by atoms with Gasteiger partial charge in [-0.05, 0) is 32.0 Å². The lowest BCUT2D eigenvalue weighted by Gasteiger charge is -2.15. The fourth-order valence-corrected chi connectivity index (χ4v) is 2.21. The Balaban J connectivity index is 2.27. The zero-order valence-electron chi connectivity index (χ0n) is 10.8. The average molecular weight is 349 g/mol. The minimum Gasteiger partial charge on any atom is -0.380 e. The van der Waals surface area contributed by atoms with Crippen LogP contribution in [0.4, 0.5) is 18.9 Å². The molecule has 0 radical (unpaired) electrons. The SMILES string of the molecule is Cc1noc(C)c1CNc1cc(Br)ccc1C(F)(F)F. The predicted molar refractivity (Wildman–Crippen MR) is 72.4 cm³/mol. The van der Waals surface area contributed by atoms with Crippen molar-refractivity contribution in [3.63, 3.8) is 0 Å². The first-order valence-corrected chi connectivity index (χ1v) is 6.60. The number of hydrogen-bond donors (Lipinski definition) is 1. The fourth-order valence-electron chi connectivity index (χ4n) is 1.85. The van der Waals surface area contributed by atoms with Gasteiger partial charge >= 0.3 is 6.18 Å². The number of halogens is 4. The minimum atomic E-state index is -4.40. The molecule has 3 nitrogen and oxygen atoms in total. The highest BCUT2D eigenvalue weighted by molar-refractivity contribution is 9.10. The van der Waals surface area contributed by atoms with Crippen LogP contribution in [0.25, 0.3) is 0 Å². The predicted octanol–water partition coefficient (Wildman–Crippen LogP) is 4.68. The quantitative estimate of drug-likeness (QED) is 0.874. The number of alkyl halides is 3. The van der Waals surface area contributed by atoms with Crippen molar-refractivity contribution in [3.05, 3.63) is 45.3 Å². The third-order valence-corrected chi connectivity index (χ3v) is 3.42. The Morgan fingerprint density at radius 3 is 2.55 bits per heavy atom. The number of nitrogens with zero attached hydrogens (tertiary/aromatic N) is 1. The van der Waals surface area contributed by atoms with Crippen LogP contribution in [0.3, 0.4) is 0 Å². The van der Waals surface area contributed by atoms with Crippen LogP contribution >= 0.6 is 15.9 Å². The molecule has 0 aliphatic carbocycles. The summed E-state index contributed by atoms with van der Waals surface area (Å²) in [5, 5.41) is 6.57. The van der Waals surface area contributed by atoms with E-state index in [-0.39, 0.29) is 12.2 Å². The van der Waals surface area contributed by atoms with Crippen molar-refractivity contribution >= 4 is 21.6 Å². The molecule has 0 saturated carbocycles. The van der Waals surface area contributed by atoms with Gasteiger partial charge in [0.1, 0.15) is 5.76 Å². The largest absolute Gasteiger partial charge is 0.418 e. The minimum absolute atomic E-state index is 0.0203. The lowest BCUT2D eigenvalue weighted by Crippen LogP contribution is -2.11. The molecule has 1 aromatic carbocycles. The molecule has 0 amide bonds. The smallest absolute Gasteiger partial charge is 0.380 e. The van der Waals surface area contributed by atoms with Gasteiger partial charge in [-0.2, -0.15) is 13.2 Å². The molecule has 2 rings (SSSR count). The van der Waals surface area contributed by atoms with E-state index in [1.165, 1.54) is 12.1 Å². The Morgan fingerprint density at radius 2 is 2.00 bits per heavy atom. The zero-order valence-corrected chi connectivity index (χ0v) is 12.4. The molecular weight excluding hydrogens is 337 g/mol. The van der Waals surface area contributed by atoms with Crippen molar-refractivity contribution in [2.75, 3.05) is 5.32 Å². The third kappa shape index (κ3) is 3.15. The molecule has 108 valence electrons. The molecule has 0 aliphatic rings. The monoisotopic (exact) mass is 348 g/mol. The molecule has 0 unspecified atom stereocenters. The highest BCUT2D eigenvalue weighted by Gasteiger charge is 2.33. The Hall–Kier alpha value is -1.50. The summed E-state index contributed by atoms with van der Waals surface area (Å²) in [4.78, 5) is 0. The molecule has 0 spiro atoms. The van der Waals surface area contributed by atoms with Gasteiger partial charge in [0, 0.05) is 22.3 Å². The summed E-state index contributed by atoms with van der Waals surface area (Å²) in [7, 11) is 0. The van der Waals surface area contributed by atoms with Crippen LogP contribution in [0, 0.1) is 13.8 Å². The second kappa shape index (κ2) is 5.47. The Kier molecular flexibility index (Phi) is 4.08. The van der Waals surface area contributed by atoms with Gasteiger partial charge < -0.3 is 9.84 Å². The number of aryl methyl sites for hydroxylation is 2. The van der Waals surface area contributed by atoms with Gasteiger partial charge in [0.2, 0.25) is 0 Å². The molecule has 0 atom stereocenters. The van der Waals surface area contributed by atoms with E-state index in [1.54, 1.807) is 13.8 Å². The van der Waals surface area contributed by atoms with Crippen LogP contribution in [0.15, 0.2) is 27.2 Å². The number of benzene rings is 1. The first-order valence-electron chi connectivity index (χ1n) is 5.81. The van der Waals surface area contributed by atoms with Crippen molar-refractivity contribution in [3.8, 4) is 0 Å². The van der Waals surface area contributed by atoms with Crippen LogP contribution < -0.4 is 5.32 Å². The molecule has 0 fully saturated rings. The number of hydrogen-bond acceptors (Lipinski definition) is 3. The van der Waals surface area contributed by atoms with Crippen LogP contribution in [-0.4, -0.2) is 5.16 Å². The number of nitrogens with one attached hydrogen (secondary N) is 1. The maximum absolute atomic E-state index is 12.9. The molecule has 20 heavy (non-hydrogen) atoms. The molecule has 0 bridgehead atoms. The first kappa shape index (κ1) is 14.9.